The Morgan fingerprint density at radius 3 is 2.67 bits per heavy atom. The van der Waals surface area contributed by atoms with Gasteiger partial charge >= 0.3 is 0 Å². The number of halogens is 2. The van der Waals surface area contributed by atoms with Crippen molar-refractivity contribution in [1.82, 2.24) is 14.9 Å². The van der Waals surface area contributed by atoms with E-state index >= 15 is 0 Å². The van der Waals surface area contributed by atoms with Crippen molar-refractivity contribution < 1.29 is 31.5 Å². The number of morpholine rings is 1. The molecule has 208 valence electrons. The lowest BCUT2D eigenvalue weighted by Gasteiger charge is -2.33. The summed E-state index contributed by atoms with van der Waals surface area (Å²) in [6, 6.07) is 10.4. The van der Waals surface area contributed by atoms with Gasteiger partial charge < -0.3 is 20.1 Å². The highest BCUT2D eigenvalue weighted by Gasteiger charge is 2.27. The number of hydrogen-bond acceptors (Lipinski definition) is 8. The molecule has 2 aromatic carbocycles. The summed E-state index contributed by atoms with van der Waals surface area (Å²) in [7, 11) is -3.14. The first-order chi connectivity index (χ1) is 19.1. The van der Waals surface area contributed by atoms with Crippen molar-refractivity contribution in [3.63, 3.8) is 0 Å². The molecular weight excluding hydrogens is 544 g/mol. The number of nitrogens with zero attached hydrogens (tertiary/aromatic N) is 3. The van der Waals surface area contributed by atoms with E-state index in [1.54, 1.807) is 29.2 Å². The van der Waals surface area contributed by atoms with E-state index in [-0.39, 0.29) is 34.9 Å². The lowest BCUT2D eigenvalue weighted by Crippen LogP contribution is -2.47. The lowest BCUT2D eigenvalue weighted by atomic mass is 10.0. The Labute approximate surface area is 228 Å². The van der Waals surface area contributed by atoms with Gasteiger partial charge in [0, 0.05) is 29.8 Å². The van der Waals surface area contributed by atoms with Crippen LogP contribution in [-0.4, -0.2) is 62.1 Å². The zero-order valence-corrected chi connectivity index (χ0v) is 22.3. The number of methoxy groups -OCH3 is 1. The molecule has 1 amide bonds. The molecule has 1 atom stereocenters. The molecule has 1 aliphatic rings. The zero-order valence-electron chi connectivity index (χ0n) is 21.5. The number of carbonyl (C=O) groups excluding carboxylic acids is 1. The average molecular weight is 570 g/mol. The number of aromatic nitrogens is 2. The zero-order chi connectivity index (χ0) is 28.6. The Bertz CT molecular complexity index is 1730. The molecule has 2 aromatic heterocycles. The fraction of sp³-hybridized carbons (Fsp3) is 0.222. The van der Waals surface area contributed by atoms with Gasteiger partial charge in [0.05, 0.1) is 37.4 Å². The molecular formula is C27H25F2N5O5S. The van der Waals surface area contributed by atoms with Crippen molar-refractivity contribution in [1.29, 1.82) is 0 Å². The van der Waals surface area contributed by atoms with E-state index in [4.69, 9.17) is 15.2 Å². The van der Waals surface area contributed by atoms with Crippen LogP contribution in [0.4, 0.5) is 20.3 Å². The maximum Gasteiger partial charge on any atom is 0.264 e. The van der Waals surface area contributed by atoms with E-state index in [1.165, 1.54) is 19.4 Å². The van der Waals surface area contributed by atoms with E-state index in [9.17, 15) is 22.0 Å². The topological polar surface area (TPSA) is 137 Å². The number of benzene rings is 2. The minimum absolute atomic E-state index is 0.0578. The Morgan fingerprint density at radius 2 is 1.95 bits per heavy atom. The molecule has 0 aliphatic carbocycles. The van der Waals surface area contributed by atoms with Crippen molar-refractivity contribution in [2.45, 2.75) is 17.9 Å². The van der Waals surface area contributed by atoms with Crippen molar-refractivity contribution in [3.05, 3.63) is 71.9 Å². The van der Waals surface area contributed by atoms with Crippen LogP contribution in [0.3, 0.4) is 0 Å². The molecule has 1 unspecified atom stereocenters. The molecule has 3 heterocycles. The van der Waals surface area contributed by atoms with Gasteiger partial charge in [-0.25, -0.2) is 27.2 Å². The minimum atomic E-state index is -4.45. The second-order valence-electron chi connectivity index (χ2n) is 9.21. The summed E-state index contributed by atoms with van der Waals surface area (Å²) in [5, 5.41) is 0.627. The van der Waals surface area contributed by atoms with Crippen molar-refractivity contribution in [3.8, 4) is 17.0 Å². The van der Waals surface area contributed by atoms with E-state index in [0.29, 0.717) is 47.9 Å². The van der Waals surface area contributed by atoms with E-state index in [1.807, 2.05) is 6.92 Å². The Hall–Kier alpha value is -4.36. The number of hydrogen-bond donors (Lipinski definition) is 2. The molecule has 0 spiro atoms. The van der Waals surface area contributed by atoms with Crippen molar-refractivity contribution in [2.24, 2.45) is 0 Å². The predicted octanol–water partition coefficient (Wildman–Crippen LogP) is 3.83. The third-order valence-corrected chi connectivity index (χ3v) is 7.91. The molecule has 0 radical (unpaired) electrons. The van der Waals surface area contributed by atoms with Gasteiger partial charge in [-0.15, -0.1) is 0 Å². The molecule has 10 nitrogen and oxygen atoms in total. The molecule has 13 heteroatoms. The highest BCUT2D eigenvalue weighted by atomic mass is 32.2. The van der Waals surface area contributed by atoms with Gasteiger partial charge in [0.25, 0.3) is 15.9 Å². The number of fused-ring (bicyclic) bond motifs is 1. The summed E-state index contributed by atoms with van der Waals surface area (Å²) < 4.78 is 66.2. The number of sulfonamides is 1. The van der Waals surface area contributed by atoms with Crippen LogP contribution in [0.1, 0.15) is 17.3 Å². The summed E-state index contributed by atoms with van der Waals surface area (Å²) in [5.41, 5.74) is 8.02. The van der Waals surface area contributed by atoms with Crippen LogP contribution >= 0.6 is 0 Å². The molecule has 0 bridgehead atoms. The second-order valence-corrected chi connectivity index (χ2v) is 10.9. The Balaban J connectivity index is 1.51. The fourth-order valence-corrected chi connectivity index (χ4v) is 5.57. The summed E-state index contributed by atoms with van der Waals surface area (Å²) in [5.74, 6) is -2.34. The van der Waals surface area contributed by atoms with E-state index in [0.717, 1.165) is 12.1 Å². The van der Waals surface area contributed by atoms with Gasteiger partial charge in [0.2, 0.25) is 5.88 Å². The first-order valence-corrected chi connectivity index (χ1v) is 13.7. The number of nitrogens with two attached hydrogens (primary N) is 1. The van der Waals surface area contributed by atoms with Crippen molar-refractivity contribution >= 4 is 38.3 Å². The molecule has 5 rings (SSSR count). The van der Waals surface area contributed by atoms with E-state index < -0.39 is 26.6 Å². The van der Waals surface area contributed by atoms with Crippen LogP contribution < -0.4 is 15.2 Å². The first kappa shape index (κ1) is 27.2. The normalized spacial score (nSPS) is 15.7. The highest BCUT2D eigenvalue weighted by molar-refractivity contribution is 7.92. The summed E-state index contributed by atoms with van der Waals surface area (Å²) in [6.07, 6.45) is 1.47. The molecule has 0 saturated carbocycles. The average Bonchev–Trinajstić information content (AvgIpc) is 2.92. The number of carbonyl (C=O) groups is 1. The van der Waals surface area contributed by atoms with Crippen molar-refractivity contribution in [2.75, 3.05) is 37.3 Å². The molecule has 3 N–H and O–H groups in total. The molecule has 40 heavy (non-hydrogen) atoms. The standard InChI is InChI=1S/C27H25F2N5O5S/c1-15-14-39-8-7-34(15)27(35)20-10-17-9-16(3-5-22(17)32-25(20)30)18-11-23(26(38-2)31-13-18)33-40(36,37)24-6-4-19(28)12-21(24)29/h3-6,9-13,15,33H,7-8,14H2,1-2H3,(H2,30,32). The third-order valence-electron chi connectivity index (χ3n) is 6.51. The predicted molar refractivity (Wildman–Crippen MR) is 144 cm³/mol. The minimum Gasteiger partial charge on any atom is -0.480 e. The van der Waals surface area contributed by atoms with Gasteiger partial charge in [-0.05, 0) is 48.9 Å². The van der Waals surface area contributed by atoms with Gasteiger partial charge in [-0.3, -0.25) is 9.52 Å². The van der Waals surface area contributed by atoms with Gasteiger partial charge in [-0.2, -0.15) is 0 Å². The fourth-order valence-electron chi connectivity index (χ4n) is 4.46. The summed E-state index contributed by atoms with van der Waals surface area (Å²) >= 11 is 0. The van der Waals surface area contributed by atoms with Crippen LogP contribution in [0.15, 0.2) is 59.6 Å². The molecule has 4 aromatic rings. The van der Waals surface area contributed by atoms with Gasteiger partial charge in [-0.1, -0.05) is 6.07 Å². The number of nitrogen functional groups attached to an aromatic ring is 1. The van der Waals surface area contributed by atoms with Crippen LogP contribution in [0.2, 0.25) is 0 Å². The maximum atomic E-state index is 14.2. The number of nitrogens with one attached hydrogen (secondary N) is 1. The lowest BCUT2D eigenvalue weighted by molar-refractivity contribution is 0.00364. The second kappa shape index (κ2) is 10.7. The monoisotopic (exact) mass is 569 g/mol. The molecule has 1 saturated heterocycles. The Morgan fingerprint density at radius 1 is 1.15 bits per heavy atom. The van der Waals surface area contributed by atoms with Gasteiger partial charge in [0.1, 0.15) is 28.0 Å². The largest absolute Gasteiger partial charge is 0.480 e. The molecule has 1 aliphatic heterocycles. The van der Waals surface area contributed by atoms with E-state index in [2.05, 4.69) is 14.7 Å². The highest BCUT2D eigenvalue weighted by Crippen LogP contribution is 2.32. The number of anilines is 2. The smallest absolute Gasteiger partial charge is 0.264 e. The number of amides is 1. The SMILES string of the molecule is COc1ncc(-c2ccc3nc(N)c(C(=O)N4CCOCC4C)cc3c2)cc1NS(=O)(=O)c1ccc(F)cc1F. The number of rotatable bonds is 6. The molecule has 1 fully saturated rings. The van der Waals surface area contributed by atoms with Gasteiger partial charge in [0.15, 0.2) is 0 Å². The number of ether oxygens (including phenoxy) is 2. The number of pyridine rings is 2. The quantitative estimate of drug-likeness (QED) is 0.358. The Kier molecular flexibility index (Phi) is 7.25. The van der Waals surface area contributed by atoms with Crippen LogP contribution in [0.25, 0.3) is 22.0 Å². The van der Waals surface area contributed by atoms with Crippen LogP contribution in [-0.2, 0) is 14.8 Å². The summed E-state index contributed by atoms with van der Waals surface area (Å²) in [6.45, 7) is 3.20. The first-order valence-electron chi connectivity index (χ1n) is 12.2. The summed E-state index contributed by atoms with van der Waals surface area (Å²) in [4.78, 5) is 22.8. The van der Waals surface area contributed by atoms with Crippen LogP contribution in [0.5, 0.6) is 5.88 Å². The third kappa shape index (κ3) is 5.25. The van der Waals surface area contributed by atoms with Crippen LogP contribution in [0, 0.1) is 11.6 Å². The maximum absolute atomic E-state index is 14.2.